The van der Waals surface area contributed by atoms with Crippen molar-refractivity contribution in [3.05, 3.63) is 75.3 Å². The van der Waals surface area contributed by atoms with Crippen LogP contribution in [0, 0.1) is 10.1 Å². The molecular weight excluding hydrogens is 402 g/mol. The summed E-state index contributed by atoms with van der Waals surface area (Å²) in [6.07, 6.45) is 0. The van der Waals surface area contributed by atoms with Crippen molar-refractivity contribution in [1.82, 2.24) is 5.32 Å². The Balaban J connectivity index is 1.81. The van der Waals surface area contributed by atoms with Gasteiger partial charge < -0.3 is 10.1 Å². The summed E-state index contributed by atoms with van der Waals surface area (Å²) in [4.78, 5) is 23.0. The molecule has 7 nitrogen and oxygen atoms in total. The van der Waals surface area contributed by atoms with Crippen molar-refractivity contribution in [2.75, 3.05) is 12.4 Å². The smallest absolute Gasteiger partial charge is 0.271 e. The molecule has 3 aromatic carbocycles. The van der Waals surface area contributed by atoms with E-state index >= 15 is 0 Å². The van der Waals surface area contributed by atoms with Gasteiger partial charge in [0.15, 0.2) is 5.11 Å². The van der Waals surface area contributed by atoms with Crippen LogP contribution in [0.15, 0.2) is 54.6 Å². The van der Waals surface area contributed by atoms with Crippen molar-refractivity contribution >= 4 is 57.0 Å². The number of nitro benzene ring substituents is 1. The fourth-order valence-corrected chi connectivity index (χ4v) is 2.98. The van der Waals surface area contributed by atoms with Crippen molar-refractivity contribution in [3.8, 4) is 5.75 Å². The third-order valence-electron chi connectivity index (χ3n) is 3.95. The SMILES string of the molecule is COc1cc2ccccc2cc1C(=O)NC(=S)Nc1cc([N+](=O)[O-])ccc1Cl. The molecule has 2 N–H and O–H groups in total. The van der Waals surface area contributed by atoms with E-state index in [1.54, 1.807) is 12.1 Å². The first-order valence-electron chi connectivity index (χ1n) is 8.02. The summed E-state index contributed by atoms with van der Waals surface area (Å²) in [5.74, 6) is -0.0889. The van der Waals surface area contributed by atoms with Gasteiger partial charge in [-0.2, -0.15) is 0 Å². The minimum Gasteiger partial charge on any atom is -0.496 e. The molecule has 1 amide bonds. The van der Waals surface area contributed by atoms with Gasteiger partial charge in [0.05, 0.1) is 28.3 Å². The maximum Gasteiger partial charge on any atom is 0.271 e. The fraction of sp³-hybridized carbons (Fsp3) is 0.0526. The molecule has 0 unspecified atom stereocenters. The molecular formula is C19H14ClN3O4S. The summed E-state index contributed by atoms with van der Waals surface area (Å²) in [7, 11) is 1.47. The first kappa shape index (κ1) is 19.5. The molecule has 0 bridgehead atoms. The number of rotatable bonds is 4. The second-order valence-electron chi connectivity index (χ2n) is 5.73. The third-order valence-corrected chi connectivity index (χ3v) is 4.48. The number of hydrogen-bond acceptors (Lipinski definition) is 5. The highest BCUT2D eigenvalue weighted by Gasteiger charge is 2.16. The molecule has 0 atom stereocenters. The van der Waals surface area contributed by atoms with Gasteiger partial charge in [-0.15, -0.1) is 0 Å². The van der Waals surface area contributed by atoms with Crippen LogP contribution in [0.5, 0.6) is 5.75 Å². The number of thiocarbonyl (C=S) groups is 1. The molecule has 0 saturated heterocycles. The summed E-state index contributed by atoms with van der Waals surface area (Å²) >= 11 is 11.2. The van der Waals surface area contributed by atoms with Crippen LogP contribution < -0.4 is 15.4 Å². The topological polar surface area (TPSA) is 93.5 Å². The highest BCUT2D eigenvalue weighted by molar-refractivity contribution is 7.80. The molecule has 9 heteroatoms. The predicted molar refractivity (Wildman–Crippen MR) is 112 cm³/mol. The van der Waals surface area contributed by atoms with Crippen LogP contribution >= 0.6 is 23.8 Å². The zero-order valence-electron chi connectivity index (χ0n) is 14.6. The van der Waals surface area contributed by atoms with Crippen LogP contribution in [-0.2, 0) is 0 Å². The number of benzene rings is 3. The number of carbonyl (C=O) groups excluding carboxylic acids is 1. The number of carbonyl (C=O) groups is 1. The zero-order chi connectivity index (χ0) is 20.3. The van der Waals surface area contributed by atoms with Crippen molar-refractivity contribution in [2.45, 2.75) is 0 Å². The van der Waals surface area contributed by atoms with E-state index in [1.165, 1.54) is 25.3 Å². The Morgan fingerprint density at radius 3 is 2.46 bits per heavy atom. The number of ether oxygens (including phenoxy) is 1. The number of anilines is 1. The number of methoxy groups -OCH3 is 1. The number of halogens is 1. The van der Waals surface area contributed by atoms with Crippen molar-refractivity contribution in [3.63, 3.8) is 0 Å². The lowest BCUT2D eigenvalue weighted by atomic mass is 10.1. The lowest BCUT2D eigenvalue weighted by Crippen LogP contribution is -2.34. The average molecular weight is 416 g/mol. The summed E-state index contributed by atoms with van der Waals surface area (Å²) in [5, 5.41) is 18.1. The van der Waals surface area contributed by atoms with Gasteiger partial charge in [-0.1, -0.05) is 35.9 Å². The van der Waals surface area contributed by atoms with E-state index < -0.39 is 10.8 Å². The van der Waals surface area contributed by atoms with Crippen molar-refractivity contribution < 1.29 is 14.5 Å². The van der Waals surface area contributed by atoms with Crippen LogP contribution in [0.1, 0.15) is 10.4 Å². The van der Waals surface area contributed by atoms with Crippen LogP contribution in [0.25, 0.3) is 10.8 Å². The number of amides is 1. The fourth-order valence-electron chi connectivity index (χ4n) is 2.61. The van der Waals surface area contributed by atoms with Gasteiger partial charge in [-0.25, -0.2) is 0 Å². The minimum absolute atomic E-state index is 0.0531. The lowest BCUT2D eigenvalue weighted by molar-refractivity contribution is -0.384. The van der Waals surface area contributed by atoms with E-state index in [4.69, 9.17) is 28.6 Å². The number of nitrogens with one attached hydrogen (secondary N) is 2. The lowest BCUT2D eigenvalue weighted by Gasteiger charge is -2.13. The first-order valence-corrected chi connectivity index (χ1v) is 8.80. The van der Waals surface area contributed by atoms with Gasteiger partial charge in [0.1, 0.15) is 5.75 Å². The Bertz CT molecular complexity index is 1100. The normalized spacial score (nSPS) is 10.4. The molecule has 0 heterocycles. The second-order valence-corrected chi connectivity index (χ2v) is 6.54. The molecule has 28 heavy (non-hydrogen) atoms. The van der Waals surface area contributed by atoms with Gasteiger partial charge in [-0.3, -0.25) is 20.2 Å². The van der Waals surface area contributed by atoms with Crippen LogP contribution in [-0.4, -0.2) is 23.1 Å². The van der Waals surface area contributed by atoms with Gasteiger partial charge in [0.2, 0.25) is 0 Å². The van der Waals surface area contributed by atoms with E-state index in [-0.39, 0.29) is 21.5 Å². The Hall–Kier alpha value is -3.23. The molecule has 3 aromatic rings. The zero-order valence-corrected chi connectivity index (χ0v) is 16.1. The Morgan fingerprint density at radius 1 is 1.14 bits per heavy atom. The molecule has 0 radical (unpaired) electrons. The molecule has 0 aliphatic rings. The predicted octanol–water partition coefficient (Wildman–Crippen LogP) is 4.54. The number of nitro groups is 1. The molecule has 0 aliphatic heterocycles. The highest BCUT2D eigenvalue weighted by Crippen LogP contribution is 2.27. The minimum atomic E-state index is -0.552. The van der Waals surface area contributed by atoms with E-state index in [2.05, 4.69) is 10.6 Å². The maximum absolute atomic E-state index is 12.7. The summed E-state index contributed by atoms with van der Waals surface area (Å²) < 4.78 is 5.32. The quantitative estimate of drug-likeness (QED) is 0.369. The Kier molecular flexibility index (Phi) is 5.72. The highest BCUT2D eigenvalue weighted by atomic mass is 35.5. The Labute approximate surface area is 170 Å². The van der Waals surface area contributed by atoms with Gasteiger partial charge >= 0.3 is 0 Å². The van der Waals surface area contributed by atoms with Crippen molar-refractivity contribution in [2.24, 2.45) is 0 Å². The molecule has 142 valence electrons. The van der Waals surface area contributed by atoms with E-state index in [0.29, 0.717) is 11.3 Å². The number of non-ortho nitro benzene ring substituents is 1. The van der Waals surface area contributed by atoms with E-state index in [9.17, 15) is 14.9 Å². The summed E-state index contributed by atoms with van der Waals surface area (Å²) in [5.41, 5.74) is 0.361. The molecule has 0 saturated carbocycles. The van der Waals surface area contributed by atoms with Gasteiger partial charge in [0, 0.05) is 12.1 Å². The van der Waals surface area contributed by atoms with Crippen LogP contribution in [0.3, 0.4) is 0 Å². The average Bonchev–Trinajstić information content (AvgIpc) is 2.68. The molecule has 0 spiro atoms. The van der Waals surface area contributed by atoms with E-state index in [1.807, 2.05) is 24.3 Å². The maximum atomic E-state index is 12.7. The third kappa shape index (κ3) is 4.19. The number of fused-ring (bicyclic) bond motifs is 1. The first-order chi connectivity index (χ1) is 13.4. The van der Waals surface area contributed by atoms with Crippen LogP contribution in [0.4, 0.5) is 11.4 Å². The monoisotopic (exact) mass is 415 g/mol. The van der Waals surface area contributed by atoms with Crippen molar-refractivity contribution in [1.29, 1.82) is 0 Å². The number of nitrogens with zero attached hydrogens (tertiary/aromatic N) is 1. The second kappa shape index (κ2) is 8.20. The summed E-state index contributed by atoms with van der Waals surface area (Å²) in [6.45, 7) is 0. The standard InChI is InChI=1S/C19H14ClN3O4S/c1-27-17-9-12-5-3-2-4-11(12)8-14(17)18(24)22-19(28)21-16-10-13(23(25)26)6-7-15(16)20/h2-10H,1H3,(H2,21,22,24,28). The molecule has 0 aliphatic carbocycles. The molecule has 0 fully saturated rings. The van der Waals surface area contributed by atoms with Gasteiger partial charge in [0.25, 0.3) is 11.6 Å². The largest absolute Gasteiger partial charge is 0.496 e. The van der Waals surface area contributed by atoms with Gasteiger partial charge in [-0.05, 0) is 41.2 Å². The Morgan fingerprint density at radius 2 is 1.82 bits per heavy atom. The molecule has 0 aromatic heterocycles. The molecule has 3 rings (SSSR count). The van der Waals surface area contributed by atoms with Crippen LogP contribution in [0.2, 0.25) is 5.02 Å². The number of hydrogen-bond donors (Lipinski definition) is 2. The summed E-state index contributed by atoms with van der Waals surface area (Å²) in [6, 6.07) is 14.9. The van der Waals surface area contributed by atoms with E-state index in [0.717, 1.165) is 10.8 Å².